The number of carbonyl (C=O) groups excluding carboxylic acids is 2. The van der Waals surface area contributed by atoms with Gasteiger partial charge in [0.25, 0.3) is 0 Å². The van der Waals surface area contributed by atoms with Crippen molar-refractivity contribution in [1.82, 2.24) is 0 Å². The van der Waals surface area contributed by atoms with Crippen LogP contribution in [0.4, 0.5) is 11.4 Å². The van der Waals surface area contributed by atoms with Crippen LogP contribution in [-0.2, 0) is 16.0 Å². The number of unbranched alkanes of at least 4 members (excludes halogenated alkanes) is 1. The molecule has 0 unspecified atom stereocenters. The molecule has 1 N–H and O–H groups in total. The van der Waals surface area contributed by atoms with Crippen LogP contribution in [0.2, 0.25) is 0 Å². The van der Waals surface area contributed by atoms with Crippen molar-refractivity contribution in [1.29, 1.82) is 0 Å². The third kappa shape index (κ3) is 5.35. The number of nitrogens with zero attached hydrogens (tertiary/aromatic N) is 2. The van der Waals surface area contributed by atoms with Crippen molar-refractivity contribution in [2.45, 2.75) is 32.1 Å². The molecule has 0 atom stereocenters. The lowest BCUT2D eigenvalue weighted by atomic mass is 10.0. The van der Waals surface area contributed by atoms with Crippen LogP contribution in [0.5, 0.6) is 5.75 Å². The molecule has 2 amide bonds. The van der Waals surface area contributed by atoms with Crippen LogP contribution in [0.1, 0.15) is 31.2 Å². The highest BCUT2D eigenvalue weighted by Gasteiger charge is 2.21. The maximum atomic E-state index is 12.5. The highest BCUT2D eigenvalue weighted by atomic mass is 16.5. The predicted octanol–water partition coefficient (Wildman–Crippen LogP) is 3.17. The van der Waals surface area contributed by atoms with E-state index >= 15 is 0 Å². The van der Waals surface area contributed by atoms with Crippen LogP contribution in [-0.4, -0.2) is 43.7 Å². The number of rotatable bonds is 9. The summed E-state index contributed by atoms with van der Waals surface area (Å²) in [7, 11) is 1.80. The Hall–Kier alpha value is -2.86. The summed E-state index contributed by atoms with van der Waals surface area (Å²) in [4.78, 5) is 27.6. The van der Waals surface area contributed by atoms with E-state index in [2.05, 4.69) is 0 Å². The molecule has 2 aromatic rings. The highest BCUT2D eigenvalue weighted by Crippen LogP contribution is 2.30. The molecule has 0 aliphatic carbocycles. The largest absolute Gasteiger partial charge is 0.494 e. The molecule has 0 bridgehead atoms. The Morgan fingerprint density at radius 2 is 1.93 bits per heavy atom. The monoisotopic (exact) mass is 396 g/mol. The summed E-state index contributed by atoms with van der Waals surface area (Å²) in [6.45, 7) is 0.764. The van der Waals surface area contributed by atoms with Crippen molar-refractivity contribution < 1.29 is 19.4 Å². The van der Waals surface area contributed by atoms with Gasteiger partial charge in [0.2, 0.25) is 11.8 Å². The van der Waals surface area contributed by atoms with Crippen molar-refractivity contribution in [2.75, 3.05) is 36.6 Å². The number of anilines is 2. The van der Waals surface area contributed by atoms with Crippen LogP contribution in [0, 0.1) is 0 Å². The van der Waals surface area contributed by atoms with Gasteiger partial charge in [-0.05, 0) is 55.2 Å². The number of aliphatic hydroxyl groups is 1. The predicted molar refractivity (Wildman–Crippen MR) is 113 cm³/mol. The number of para-hydroxylation sites is 1. The fourth-order valence-electron chi connectivity index (χ4n) is 3.53. The topological polar surface area (TPSA) is 70.1 Å². The first-order valence-corrected chi connectivity index (χ1v) is 10.1. The molecule has 1 aliphatic heterocycles. The summed E-state index contributed by atoms with van der Waals surface area (Å²) < 4.78 is 5.84. The van der Waals surface area contributed by atoms with Gasteiger partial charge in [-0.1, -0.05) is 18.2 Å². The highest BCUT2D eigenvalue weighted by molar-refractivity contribution is 5.96. The quantitative estimate of drug-likeness (QED) is 0.661. The molecule has 6 nitrogen and oxygen atoms in total. The fraction of sp³-hybridized carbons (Fsp3) is 0.391. The molecule has 0 radical (unpaired) electrons. The van der Waals surface area contributed by atoms with Crippen molar-refractivity contribution in [3.63, 3.8) is 0 Å². The summed E-state index contributed by atoms with van der Waals surface area (Å²) in [6.07, 6.45) is 3.17. The Morgan fingerprint density at radius 1 is 1.14 bits per heavy atom. The average molecular weight is 396 g/mol. The molecule has 2 aromatic carbocycles. The van der Waals surface area contributed by atoms with Crippen LogP contribution in [0.3, 0.4) is 0 Å². The van der Waals surface area contributed by atoms with Gasteiger partial charge in [-0.25, -0.2) is 0 Å². The maximum Gasteiger partial charge on any atom is 0.227 e. The Bertz CT molecular complexity index is 838. The fourth-order valence-corrected chi connectivity index (χ4v) is 3.53. The third-order valence-corrected chi connectivity index (χ3v) is 5.14. The number of hydrogen-bond acceptors (Lipinski definition) is 4. The smallest absolute Gasteiger partial charge is 0.227 e. The van der Waals surface area contributed by atoms with E-state index in [1.165, 1.54) is 0 Å². The van der Waals surface area contributed by atoms with E-state index in [0.29, 0.717) is 26.0 Å². The van der Waals surface area contributed by atoms with E-state index in [1.807, 2.05) is 48.5 Å². The summed E-state index contributed by atoms with van der Waals surface area (Å²) in [5.74, 6) is 0.942. The zero-order valence-electron chi connectivity index (χ0n) is 16.8. The lowest BCUT2D eigenvalue weighted by molar-refractivity contribution is -0.119. The van der Waals surface area contributed by atoms with Gasteiger partial charge < -0.3 is 19.6 Å². The standard InChI is InChI=1S/C23H28N2O4/c1-24-21-12-11-20(17-18(21)10-13-22(24)27)29-16-6-5-9-23(28)25(14-15-26)19-7-3-2-4-8-19/h2-4,7-8,11-12,17,26H,5-6,9-10,13-16H2,1H3. The van der Waals surface area contributed by atoms with Gasteiger partial charge in [-0.15, -0.1) is 0 Å². The van der Waals surface area contributed by atoms with Crippen molar-refractivity contribution in [2.24, 2.45) is 0 Å². The third-order valence-electron chi connectivity index (χ3n) is 5.14. The first kappa shape index (κ1) is 20.9. The number of carbonyl (C=O) groups is 2. The summed E-state index contributed by atoms with van der Waals surface area (Å²) in [5.41, 5.74) is 2.88. The number of fused-ring (bicyclic) bond motifs is 1. The number of aliphatic hydroxyl groups excluding tert-OH is 1. The summed E-state index contributed by atoms with van der Waals surface area (Å²) in [6, 6.07) is 15.2. The number of ether oxygens (including phenoxy) is 1. The number of aryl methyl sites for hydroxylation is 1. The molecule has 0 fully saturated rings. The zero-order chi connectivity index (χ0) is 20.6. The minimum absolute atomic E-state index is 0.00624. The van der Waals surface area contributed by atoms with Crippen LogP contribution >= 0.6 is 0 Å². The van der Waals surface area contributed by atoms with Crippen molar-refractivity contribution in [3.05, 3.63) is 54.1 Å². The lowest BCUT2D eigenvalue weighted by Crippen LogP contribution is -2.33. The second-order valence-electron chi connectivity index (χ2n) is 7.15. The summed E-state index contributed by atoms with van der Waals surface area (Å²) in [5, 5.41) is 9.26. The molecule has 6 heteroatoms. The molecule has 1 aliphatic rings. The van der Waals surface area contributed by atoms with E-state index < -0.39 is 0 Å². The van der Waals surface area contributed by atoms with Gasteiger partial charge in [0.05, 0.1) is 13.2 Å². The van der Waals surface area contributed by atoms with Gasteiger partial charge in [-0.3, -0.25) is 9.59 Å². The Labute approximate surface area is 171 Å². The van der Waals surface area contributed by atoms with Crippen LogP contribution < -0.4 is 14.5 Å². The normalized spacial score (nSPS) is 13.2. The number of hydrogen-bond donors (Lipinski definition) is 1. The van der Waals surface area contributed by atoms with E-state index in [1.54, 1.807) is 16.8 Å². The first-order chi connectivity index (χ1) is 14.1. The second-order valence-corrected chi connectivity index (χ2v) is 7.15. The van der Waals surface area contributed by atoms with Gasteiger partial charge in [0.15, 0.2) is 0 Å². The Morgan fingerprint density at radius 3 is 2.69 bits per heavy atom. The van der Waals surface area contributed by atoms with Gasteiger partial charge in [0, 0.05) is 37.8 Å². The molecule has 0 aromatic heterocycles. The van der Waals surface area contributed by atoms with Crippen LogP contribution in [0.15, 0.2) is 48.5 Å². The van der Waals surface area contributed by atoms with E-state index in [-0.39, 0.29) is 18.4 Å². The Balaban J connectivity index is 1.45. The van der Waals surface area contributed by atoms with E-state index in [0.717, 1.165) is 42.0 Å². The molecule has 0 saturated heterocycles. The van der Waals surface area contributed by atoms with Crippen molar-refractivity contribution >= 4 is 23.2 Å². The van der Waals surface area contributed by atoms with Crippen molar-refractivity contribution in [3.8, 4) is 5.75 Å². The minimum Gasteiger partial charge on any atom is -0.494 e. The van der Waals surface area contributed by atoms with E-state index in [4.69, 9.17) is 4.74 Å². The molecule has 0 spiro atoms. The molecule has 29 heavy (non-hydrogen) atoms. The number of amides is 2. The molecule has 0 saturated carbocycles. The van der Waals surface area contributed by atoms with E-state index in [9.17, 15) is 14.7 Å². The molecule has 154 valence electrons. The summed E-state index contributed by atoms with van der Waals surface area (Å²) >= 11 is 0. The van der Waals surface area contributed by atoms with Crippen LogP contribution in [0.25, 0.3) is 0 Å². The molecular formula is C23H28N2O4. The molecular weight excluding hydrogens is 368 g/mol. The number of benzene rings is 2. The average Bonchev–Trinajstić information content (AvgIpc) is 2.75. The SMILES string of the molecule is CN1C(=O)CCc2cc(OCCCCC(=O)N(CCO)c3ccccc3)ccc21. The lowest BCUT2D eigenvalue weighted by Gasteiger charge is -2.26. The second kappa shape index (κ2) is 10.1. The van der Waals surface area contributed by atoms with Gasteiger partial charge >= 0.3 is 0 Å². The van der Waals surface area contributed by atoms with Gasteiger partial charge in [-0.2, -0.15) is 0 Å². The molecule has 1 heterocycles. The minimum atomic E-state index is -0.0666. The van der Waals surface area contributed by atoms with Gasteiger partial charge in [0.1, 0.15) is 5.75 Å². The molecule has 3 rings (SSSR count). The Kier molecular flexibility index (Phi) is 7.25. The first-order valence-electron chi connectivity index (χ1n) is 10.1. The zero-order valence-corrected chi connectivity index (χ0v) is 16.8. The maximum absolute atomic E-state index is 12.5.